The normalized spacial score (nSPS) is 15.5. The minimum atomic E-state index is 0.771. The number of rotatable bonds is 6. The van der Waals surface area contributed by atoms with Gasteiger partial charge in [-0.25, -0.2) is 0 Å². The monoisotopic (exact) mass is 246 g/mol. The van der Waals surface area contributed by atoms with Crippen LogP contribution < -0.4 is 10.2 Å². The lowest BCUT2D eigenvalue weighted by Crippen LogP contribution is -2.37. The van der Waals surface area contributed by atoms with Crippen LogP contribution in [0.5, 0.6) is 0 Å². The van der Waals surface area contributed by atoms with Gasteiger partial charge in [0.15, 0.2) is 0 Å². The van der Waals surface area contributed by atoms with Crippen LogP contribution in [0, 0.1) is 6.92 Å². The van der Waals surface area contributed by atoms with E-state index < -0.39 is 0 Å². The molecule has 1 aromatic carbocycles. The summed E-state index contributed by atoms with van der Waals surface area (Å²) < 4.78 is 0. The highest BCUT2D eigenvalue weighted by Gasteiger charge is 2.22. The third kappa shape index (κ3) is 3.05. The molecule has 1 saturated carbocycles. The fourth-order valence-corrected chi connectivity index (χ4v) is 2.60. The Morgan fingerprint density at radius 2 is 2.11 bits per heavy atom. The predicted molar refractivity (Wildman–Crippen MR) is 79.2 cm³/mol. The number of nitrogens with zero attached hydrogens (tertiary/aromatic N) is 1. The van der Waals surface area contributed by atoms with Crippen molar-refractivity contribution in [3.05, 3.63) is 29.3 Å². The zero-order valence-corrected chi connectivity index (χ0v) is 12.0. The van der Waals surface area contributed by atoms with Crippen molar-refractivity contribution in [2.75, 3.05) is 18.5 Å². The molecule has 2 heteroatoms. The highest BCUT2D eigenvalue weighted by atomic mass is 15.1. The number of aryl methyl sites for hydroxylation is 1. The molecule has 100 valence electrons. The lowest BCUT2D eigenvalue weighted by molar-refractivity contribution is 0.401. The second kappa shape index (κ2) is 6.24. The Balaban J connectivity index is 2.00. The van der Waals surface area contributed by atoms with Crippen LogP contribution >= 0.6 is 0 Å². The van der Waals surface area contributed by atoms with Crippen LogP contribution in [0.25, 0.3) is 0 Å². The Bertz CT molecular complexity index is 383. The average Bonchev–Trinajstić information content (AvgIpc) is 2.27. The van der Waals surface area contributed by atoms with Crippen molar-refractivity contribution < 1.29 is 0 Å². The summed E-state index contributed by atoms with van der Waals surface area (Å²) >= 11 is 0. The van der Waals surface area contributed by atoms with Gasteiger partial charge in [0, 0.05) is 25.3 Å². The first kappa shape index (κ1) is 13.4. The van der Waals surface area contributed by atoms with E-state index in [1.54, 1.807) is 0 Å². The highest BCUT2D eigenvalue weighted by molar-refractivity contribution is 5.55. The van der Waals surface area contributed by atoms with E-state index in [2.05, 4.69) is 49.3 Å². The zero-order valence-electron chi connectivity index (χ0n) is 12.0. The van der Waals surface area contributed by atoms with Gasteiger partial charge in [0.1, 0.15) is 0 Å². The second-order valence-electron chi connectivity index (χ2n) is 5.49. The maximum Gasteiger partial charge on any atom is 0.0396 e. The Labute approximate surface area is 111 Å². The van der Waals surface area contributed by atoms with Gasteiger partial charge in [-0.2, -0.15) is 0 Å². The number of benzene rings is 1. The summed E-state index contributed by atoms with van der Waals surface area (Å²) in [5.41, 5.74) is 4.20. The summed E-state index contributed by atoms with van der Waals surface area (Å²) in [5, 5.41) is 3.46. The van der Waals surface area contributed by atoms with Crippen LogP contribution in [-0.4, -0.2) is 19.6 Å². The van der Waals surface area contributed by atoms with Crippen molar-refractivity contribution in [1.29, 1.82) is 0 Å². The number of anilines is 1. The topological polar surface area (TPSA) is 15.3 Å². The molecule has 1 fully saturated rings. The SMILES string of the molecule is CCCNCc1ccc(N(C)C2CCC2)c(C)c1. The van der Waals surface area contributed by atoms with Crippen LogP contribution in [0.15, 0.2) is 18.2 Å². The zero-order chi connectivity index (χ0) is 13.0. The van der Waals surface area contributed by atoms with Gasteiger partial charge in [-0.3, -0.25) is 0 Å². The van der Waals surface area contributed by atoms with Crippen molar-refractivity contribution in [3.63, 3.8) is 0 Å². The van der Waals surface area contributed by atoms with Crippen LogP contribution in [-0.2, 0) is 6.54 Å². The molecule has 1 N–H and O–H groups in total. The molecule has 0 atom stereocenters. The number of hydrogen-bond donors (Lipinski definition) is 1. The lowest BCUT2D eigenvalue weighted by atomic mass is 9.91. The van der Waals surface area contributed by atoms with Crippen molar-refractivity contribution in [2.45, 2.75) is 52.1 Å². The van der Waals surface area contributed by atoms with E-state index in [0.29, 0.717) is 0 Å². The molecule has 1 aromatic rings. The largest absolute Gasteiger partial charge is 0.371 e. The Kier molecular flexibility index (Phi) is 4.65. The smallest absolute Gasteiger partial charge is 0.0396 e. The maximum absolute atomic E-state index is 3.46. The van der Waals surface area contributed by atoms with E-state index in [4.69, 9.17) is 0 Å². The standard InChI is InChI=1S/C16H26N2/c1-4-10-17-12-14-8-9-16(13(2)11-14)18(3)15-6-5-7-15/h8-9,11,15,17H,4-7,10,12H2,1-3H3. The van der Waals surface area contributed by atoms with Gasteiger partial charge in [0.25, 0.3) is 0 Å². The molecular formula is C16H26N2. The van der Waals surface area contributed by atoms with Gasteiger partial charge in [0.2, 0.25) is 0 Å². The molecular weight excluding hydrogens is 220 g/mol. The minimum Gasteiger partial charge on any atom is -0.371 e. The molecule has 0 aromatic heterocycles. The Morgan fingerprint density at radius 3 is 2.67 bits per heavy atom. The van der Waals surface area contributed by atoms with Gasteiger partial charge >= 0.3 is 0 Å². The summed E-state index contributed by atoms with van der Waals surface area (Å²) in [7, 11) is 2.24. The lowest BCUT2D eigenvalue weighted by Gasteiger charge is -2.37. The number of nitrogens with one attached hydrogen (secondary N) is 1. The van der Waals surface area contributed by atoms with Crippen molar-refractivity contribution in [3.8, 4) is 0 Å². The summed E-state index contributed by atoms with van der Waals surface area (Å²) in [4.78, 5) is 2.46. The van der Waals surface area contributed by atoms with Crippen molar-refractivity contribution >= 4 is 5.69 Å². The summed E-state index contributed by atoms with van der Waals surface area (Å²) in [6.07, 6.45) is 5.31. The molecule has 18 heavy (non-hydrogen) atoms. The maximum atomic E-state index is 3.46. The molecule has 2 rings (SSSR count). The molecule has 1 aliphatic rings. The molecule has 0 aliphatic heterocycles. The fraction of sp³-hybridized carbons (Fsp3) is 0.625. The van der Waals surface area contributed by atoms with Crippen molar-refractivity contribution in [2.24, 2.45) is 0 Å². The first-order valence-electron chi connectivity index (χ1n) is 7.25. The van der Waals surface area contributed by atoms with E-state index in [0.717, 1.165) is 19.1 Å². The first-order valence-corrected chi connectivity index (χ1v) is 7.25. The predicted octanol–water partition coefficient (Wildman–Crippen LogP) is 3.48. The highest BCUT2D eigenvalue weighted by Crippen LogP contribution is 2.30. The summed E-state index contributed by atoms with van der Waals surface area (Å²) in [5.74, 6) is 0. The summed E-state index contributed by atoms with van der Waals surface area (Å²) in [6, 6.07) is 7.65. The second-order valence-corrected chi connectivity index (χ2v) is 5.49. The van der Waals surface area contributed by atoms with Gasteiger partial charge in [-0.15, -0.1) is 0 Å². The number of hydrogen-bond acceptors (Lipinski definition) is 2. The molecule has 1 aliphatic carbocycles. The van der Waals surface area contributed by atoms with Crippen LogP contribution in [0.1, 0.15) is 43.7 Å². The molecule has 0 saturated heterocycles. The van der Waals surface area contributed by atoms with E-state index in [9.17, 15) is 0 Å². The minimum absolute atomic E-state index is 0.771. The molecule has 0 unspecified atom stereocenters. The molecule has 2 nitrogen and oxygen atoms in total. The Morgan fingerprint density at radius 1 is 1.33 bits per heavy atom. The van der Waals surface area contributed by atoms with E-state index in [1.807, 2.05) is 0 Å². The van der Waals surface area contributed by atoms with Crippen molar-refractivity contribution in [1.82, 2.24) is 5.32 Å². The first-order chi connectivity index (χ1) is 8.72. The van der Waals surface area contributed by atoms with E-state index in [1.165, 1.54) is 42.5 Å². The molecule has 0 heterocycles. The third-order valence-electron chi connectivity index (χ3n) is 4.02. The van der Waals surface area contributed by atoms with Gasteiger partial charge in [-0.05, 0) is 56.3 Å². The fourth-order valence-electron chi connectivity index (χ4n) is 2.60. The quantitative estimate of drug-likeness (QED) is 0.773. The molecule has 0 amide bonds. The molecule has 0 spiro atoms. The van der Waals surface area contributed by atoms with E-state index in [-0.39, 0.29) is 0 Å². The average molecular weight is 246 g/mol. The summed E-state index contributed by atoms with van der Waals surface area (Å²) in [6.45, 7) is 6.52. The van der Waals surface area contributed by atoms with Gasteiger partial charge in [0.05, 0.1) is 0 Å². The third-order valence-corrected chi connectivity index (χ3v) is 4.02. The molecule has 0 radical (unpaired) electrons. The van der Waals surface area contributed by atoms with Gasteiger partial charge in [-0.1, -0.05) is 19.1 Å². The van der Waals surface area contributed by atoms with Crippen LogP contribution in [0.2, 0.25) is 0 Å². The van der Waals surface area contributed by atoms with Crippen LogP contribution in [0.4, 0.5) is 5.69 Å². The van der Waals surface area contributed by atoms with E-state index >= 15 is 0 Å². The Hall–Kier alpha value is -1.02. The van der Waals surface area contributed by atoms with Crippen LogP contribution in [0.3, 0.4) is 0 Å². The van der Waals surface area contributed by atoms with Gasteiger partial charge < -0.3 is 10.2 Å². The molecule has 0 bridgehead atoms.